The molecule has 21 heavy (non-hydrogen) atoms. The third kappa shape index (κ3) is 6.60. The molecule has 1 rings (SSSR count). The van der Waals surface area contributed by atoms with E-state index in [0.717, 1.165) is 6.42 Å². The van der Waals surface area contributed by atoms with Gasteiger partial charge in [-0.05, 0) is 32.4 Å². The van der Waals surface area contributed by atoms with E-state index in [1.807, 2.05) is 37.3 Å². The van der Waals surface area contributed by atoms with Gasteiger partial charge in [-0.1, -0.05) is 25.1 Å². The summed E-state index contributed by atoms with van der Waals surface area (Å²) in [6.45, 7) is 6.41. The van der Waals surface area contributed by atoms with Crippen LogP contribution in [0.1, 0.15) is 27.2 Å². The number of rotatable bonds is 9. The minimum atomic E-state index is -0.651. The summed E-state index contributed by atoms with van der Waals surface area (Å²) < 4.78 is 16.7. The molecule has 0 bridgehead atoms. The third-order valence-corrected chi connectivity index (χ3v) is 2.86. The molecule has 118 valence electrons. The van der Waals surface area contributed by atoms with Gasteiger partial charge in [-0.2, -0.15) is 0 Å². The highest BCUT2D eigenvalue weighted by molar-refractivity contribution is 5.75. The lowest BCUT2D eigenvalue weighted by atomic mass is 10.2. The summed E-state index contributed by atoms with van der Waals surface area (Å²) in [5.41, 5.74) is 5.51. The Kier molecular flexibility index (Phi) is 7.79. The first kappa shape index (κ1) is 17.5. The maximum absolute atomic E-state index is 11.6. The second-order valence-electron chi connectivity index (χ2n) is 4.97. The Morgan fingerprint density at radius 1 is 1.24 bits per heavy atom. The van der Waals surface area contributed by atoms with E-state index in [2.05, 4.69) is 0 Å². The van der Waals surface area contributed by atoms with Gasteiger partial charge in [0, 0.05) is 6.61 Å². The number of carbonyl (C=O) groups is 1. The van der Waals surface area contributed by atoms with Gasteiger partial charge in [0.2, 0.25) is 0 Å². The summed E-state index contributed by atoms with van der Waals surface area (Å²) in [6, 6.07) is 8.74. The van der Waals surface area contributed by atoms with Crippen molar-refractivity contribution in [3.05, 3.63) is 30.3 Å². The number of ether oxygens (including phenoxy) is 3. The molecule has 1 aromatic carbocycles. The molecule has 5 nitrogen and oxygen atoms in total. The van der Waals surface area contributed by atoms with Crippen LogP contribution in [0.2, 0.25) is 0 Å². The first-order valence-corrected chi connectivity index (χ1v) is 7.30. The minimum absolute atomic E-state index is 0.357. The number of carbonyl (C=O) groups excluding carboxylic acids is 1. The van der Waals surface area contributed by atoms with Crippen molar-refractivity contribution in [2.24, 2.45) is 5.73 Å². The lowest BCUT2D eigenvalue weighted by Crippen LogP contribution is -2.40. The number of para-hydroxylation sites is 1. The summed E-state index contributed by atoms with van der Waals surface area (Å²) >= 11 is 0. The van der Waals surface area contributed by atoms with Crippen molar-refractivity contribution in [3.63, 3.8) is 0 Å². The van der Waals surface area contributed by atoms with Crippen molar-refractivity contribution in [1.82, 2.24) is 0 Å². The van der Waals surface area contributed by atoms with E-state index in [9.17, 15) is 4.79 Å². The van der Waals surface area contributed by atoms with Crippen molar-refractivity contribution in [3.8, 4) is 5.75 Å². The largest absolute Gasteiger partial charge is 0.484 e. The van der Waals surface area contributed by atoms with Gasteiger partial charge < -0.3 is 19.9 Å². The summed E-state index contributed by atoms with van der Waals surface area (Å²) in [5, 5.41) is 0. The highest BCUT2D eigenvalue weighted by Gasteiger charge is 2.24. The standard InChI is InChI=1S/C16H25NO4/c1-4-10-19-11-15(13(3)20-16(18)12(2)17)21-14-8-6-5-7-9-14/h5-9,12-13,15H,4,10-11,17H2,1-3H3/t12-,13-,15+/m0/s1. The Hall–Kier alpha value is -1.59. The molecule has 0 amide bonds. The van der Waals surface area contributed by atoms with Gasteiger partial charge in [0.25, 0.3) is 0 Å². The molecule has 0 radical (unpaired) electrons. The Labute approximate surface area is 126 Å². The van der Waals surface area contributed by atoms with Crippen LogP contribution in [-0.4, -0.2) is 37.4 Å². The number of benzene rings is 1. The van der Waals surface area contributed by atoms with Crippen molar-refractivity contribution in [1.29, 1.82) is 0 Å². The Morgan fingerprint density at radius 3 is 2.48 bits per heavy atom. The van der Waals surface area contributed by atoms with E-state index in [1.165, 1.54) is 0 Å². The molecule has 0 saturated heterocycles. The molecule has 3 atom stereocenters. The molecule has 0 aliphatic carbocycles. The average Bonchev–Trinajstić information content (AvgIpc) is 2.47. The monoisotopic (exact) mass is 295 g/mol. The lowest BCUT2D eigenvalue weighted by molar-refractivity contribution is -0.155. The first-order chi connectivity index (χ1) is 10.0. The Bertz CT molecular complexity index is 408. The fourth-order valence-electron chi connectivity index (χ4n) is 1.65. The smallest absolute Gasteiger partial charge is 0.323 e. The summed E-state index contributed by atoms with van der Waals surface area (Å²) in [6.07, 6.45) is 0.105. The molecular formula is C16H25NO4. The number of esters is 1. The van der Waals surface area contributed by atoms with Gasteiger partial charge >= 0.3 is 5.97 Å². The second kappa shape index (κ2) is 9.37. The van der Waals surface area contributed by atoms with Crippen LogP contribution >= 0.6 is 0 Å². The van der Waals surface area contributed by atoms with Crippen LogP contribution in [0.4, 0.5) is 0 Å². The maximum Gasteiger partial charge on any atom is 0.323 e. The molecule has 2 N–H and O–H groups in total. The van der Waals surface area contributed by atoms with Crippen molar-refractivity contribution in [2.75, 3.05) is 13.2 Å². The van der Waals surface area contributed by atoms with Gasteiger partial charge in [0.15, 0.2) is 6.10 Å². The number of hydrogen-bond donors (Lipinski definition) is 1. The fourth-order valence-corrected chi connectivity index (χ4v) is 1.65. The van der Waals surface area contributed by atoms with Crippen LogP contribution in [0.3, 0.4) is 0 Å². The molecule has 0 heterocycles. The average molecular weight is 295 g/mol. The normalized spacial score (nSPS) is 15.0. The van der Waals surface area contributed by atoms with Crippen molar-refractivity contribution >= 4 is 5.97 Å². The second-order valence-corrected chi connectivity index (χ2v) is 4.97. The summed E-state index contributed by atoms with van der Waals surface area (Å²) in [7, 11) is 0. The predicted octanol–water partition coefficient (Wildman–Crippen LogP) is 2.14. The zero-order valence-electron chi connectivity index (χ0n) is 13.0. The first-order valence-electron chi connectivity index (χ1n) is 7.30. The van der Waals surface area contributed by atoms with Gasteiger partial charge in [0.05, 0.1) is 6.61 Å². The molecule has 1 aromatic rings. The molecule has 5 heteroatoms. The van der Waals surface area contributed by atoms with Gasteiger partial charge in [-0.3, -0.25) is 4.79 Å². The van der Waals surface area contributed by atoms with E-state index in [4.69, 9.17) is 19.9 Å². The predicted molar refractivity (Wildman–Crippen MR) is 81.2 cm³/mol. The zero-order valence-corrected chi connectivity index (χ0v) is 13.0. The number of hydrogen-bond acceptors (Lipinski definition) is 5. The Morgan fingerprint density at radius 2 is 1.90 bits per heavy atom. The van der Waals surface area contributed by atoms with Crippen LogP contribution in [0.5, 0.6) is 5.75 Å². The topological polar surface area (TPSA) is 70.8 Å². The van der Waals surface area contributed by atoms with Crippen LogP contribution in [0.25, 0.3) is 0 Å². The molecule has 0 spiro atoms. The highest BCUT2D eigenvalue weighted by atomic mass is 16.6. The van der Waals surface area contributed by atoms with E-state index in [-0.39, 0.29) is 6.10 Å². The Balaban J connectivity index is 2.64. The highest BCUT2D eigenvalue weighted by Crippen LogP contribution is 2.15. The van der Waals surface area contributed by atoms with E-state index in [1.54, 1.807) is 13.8 Å². The molecular weight excluding hydrogens is 270 g/mol. The summed E-state index contributed by atoms with van der Waals surface area (Å²) in [4.78, 5) is 11.6. The summed E-state index contributed by atoms with van der Waals surface area (Å²) in [5.74, 6) is 0.269. The number of nitrogens with two attached hydrogens (primary N) is 1. The SMILES string of the molecule is CCCOC[C@@H](Oc1ccccc1)[C@H](C)OC(=O)[C@H](C)N. The van der Waals surface area contributed by atoms with Crippen LogP contribution in [-0.2, 0) is 14.3 Å². The quantitative estimate of drug-likeness (QED) is 0.558. The van der Waals surface area contributed by atoms with Crippen LogP contribution in [0, 0.1) is 0 Å². The fraction of sp³-hybridized carbons (Fsp3) is 0.562. The van der Waals surface area contributed by atoms with E-state index in [0.29, 0.717) is 19.0 Å². The van der Waals surface area contributed by atoms with E-state index >= 15 is 0 Å². The zero-order chi connectivity index (χ0) is 15.7. The van der Waals surface area contributed by atoms with E-state index < -0.39 is 18.1 Å². The minimum Gasteiger partial charge on any atom is -0.484 e. The third-order valence-electron chi connectivity index (χ3n) is 2.86. The maximum atomic E-state index is 11.6. The van der Waals surface area contributed by atoms with Crippen molar-refractivity contribution < 1.29 is 19.0 Å². The molecule has 0 unspecified atom stereocenters. The molecule has 0 aliphatic heterocycles. The molecule has 0 saturated carbocycles. The van der Waals surface area contributed by atoms with Crippen LogP contribution < -0.4 is 10.5 Å². The molecule has 0 aliphatic rings. The van der Waals surface area contributed by atoms with Crippen LogP contribution in [0.15, 0.2) is 30.3 Å². The van der Waals surface area contributed by atoms with Gasteiger partial charge in [-0.25, -0.2) is 0 Å². The molecule has 0 fully saturated rings. The van der Waals surface area contributed by atoms with Gasteiger partial charge in [0.1, 0.15) is 17.9 Å². The lowest BCUT2D eigenvalue weighted by Gasteiger charge is -2.25. The van der Waals surface area contributed by atoms with Gasteiger partial charge in [-0.15, -0.1) is 0 Å². The van der Waals surface area contributed by atoms with Crippen molar-refractivity contribution in [2.45, 2.75) is 45.4 Å². The molecule has 0 aromatic heterocycles.